The molecule has 0 aliphatic rings. The molecule has 8 nitrogen and oxygen atoms in total. The summed E-state index contributed by atoms with van der Waals surface area (Å²) in [5.41, 5.74) is 5.76. The molecule has 112 valence electrons. The first-order chi connectivity index (χ1) is 10.2. The Kier molecular flexibility index (Phi) is 5.47. The molecule has 2 rings (SSSR count). The molecule has 4 N–H and O–H groups in total. The van der Waals surface area contributed by atoms with Crippen molar-refractivity contribution in [2.75, 3.05) is 19.7 Å². The SMILES string of the molecule is NCCOc1ccc(Cl)cc1C(=O)NCCc1nn[nH]n1. The Balaban J connectivity index is 1.98. The number of amides is 1. The van der Waals surface area contributed by atoms with Crippen molar-refractivity contribution in [1.82, 2.24) is 25.9 Å². The van der Waals surface area contributed by atoms with Crippen LogP contribution in [0.2, 0.25) is 5.02 Å². The number of H-pyrrole nitrogens is 1. The Morgan fingerprint density at radius 3 is 3.05 bits per heavy atom. The monoisotopic (exact) mass is 310 g/mol. The lowest BCUT2D eigenvalue weighted by atomic mass is 10.2. The molecule has 0 saturated heterocycles. The van der Waals surface area contributed by atoms with Gasteiger partial charge >= 0.3 is 0 Å². The van der Waals surface area contributed by atoms with E-state index in [9.17, 15) is 4.79 Å². The fourth-order valence-corrected chi connectivity index (χ4v) is 1.82. The topological polar surface area (TPSA) is 119 Å². The average molecular weight is 311 g/mol. The zero-order valence-electron chi connectivity index (χ0n) is 11.2. The molecule has 0 aliphatic heterocycles. The third-order valence-corrected chi connectivity index (χ3v) is 2.82. The van der Waals surface area contributed by atoms with Crippen LogP contribution in [-0.4, -0.2) is 46.2 Å². The summed E-state index contributed by atoms with van der Waals surface area (Å²) in [7, 11) is 0. The van der Waals surface area contributed by atoms with Gasteiger partial charge in [-0.25, -0.2) is 0 Å². The molecule has 0 unspecified atom stereocenters. The molecule has 0 fully saturated rings. The minimum Gasteiger partial charge on any atom is -0.491 e. The Bertz CT molecular complexity index is 589. The largest absolute Gasteiger partial charge is 0.491 e. The lowest BCUT2D eigenvalue weighted by Crippen LogP contribution is -2.26. The molecular weight excluding hydrogens is 296 g/mol. The van der Waals surface area contributed by atoms with Crippen LogP contribution in [-0.2, 0) is 6.42 Å². The zero-order valence-corrected chi connectivity index (χ0v) is 11.9. The van der Waals surface area contributed by atoms with Gasteiger partial charge < -0.3 is 15.8 Å². The van der Waals surface area contributed by atoms with Gasteiger partial charge in [-0.05, 0) is 18.2 Å². The van der Waals surface area contributed by atoms with Gasteiger partial charge in [-0.3, -0.25) is 4.79 Å². The molecule has 0 saturated carbocycles. The van der Waals surface area contributed by atoms with E-state index in [0.717, 1.165) is 0 Å². The minimum atomic E-state index is -0.284. The van der Waals surface area contributed by atoms with Crippen LogP contribution >= 0.6 is 11.6 Å². The number of rotatable bonds is 7. The van der Waals surface area contributed by atoms with Gasteiger partial charge in [-0.2, -0.15) is 5.21 Å². The van der Waals surface area contributed by atoms with Crippen molar-refractivity contribution in [3.05, 3.63) is 34.6 Å². The Morgan fingerprint density at radius 1 is 1.48 bits per heavy atom. The standard InChI is InChI=1S/C12H15ClN6O2/c13-8-1-2-10(21-6-4-14)9(7-8)12(20)15-5-3-11-16-18-19-17-11/h1-2,7H,3-6,14H2,(H,15,20)(H,16,17,18,19). The summed E-state index contributed by atoms with van der Waals surface area (Å²) in [5, 5.41) is 16.6. The molecule has 1 amide bonds. The van der Waals surface area contributed by atoms with Gasteiger partial charge in [0, 0.05) is 24.5 Å². The first-order valence-corrected chi connectivity index (χ1v) is 6.71. The Hall–Kier alpha value is -2.19. The molecule has 1 heterocycles. The van der Waals surface area contributed by atoms with Gasteiger partial charge in [0.05, 0.1) is 5.56 Å². The quantitative estimate of drug-likeness (QED) is 0.670. The fraction of sp³-hybridized carbons (Fsp3) is 0.333. The molecule has 2 aromatic rings. The maximum absolute atomic E-state index is 12.2. The van der Waals surface area contributed by atoms with Crippen molar-refractivity contribution in [3.8, 4) is 5.75 Å². The highest BCUT2D eigenvalue weighted by Gasteiger charge is 2.13. The highest BCUT2D eigenvalue weighted by Crippen LogP contribution is 2.22. The first kappa shape index (κ1) is 15.2. The van der Waals surface area contributed by atoms with E-state index in [-0.39, 0.29) is 5.91 Å². The molecule has 0 bridgehead atoms. The van der Waals surface area contributed by atoms with Crippen LogP contribution in [0.25, 0.3) is 0 Å². The number of nitrogens with two attached hydrogens (primary N) is 1. The summed E-state index contributed by atoms with van der Waals surface area (Å²) in [6.07, 6.45) is 0.474. The van der Waals surface area contributed by atoms with Gasteiger partial charge in [0.25, 0.3) is 5.91 Å². The van der Waals surface area contributed by atoms with Crippen molar-refractivity contribution < 1.29 is 9.53 Å². The van der Waals surface area contributed by atoms with Gasteiger partial charge in [0.1, 0.15) is 12.4 Å². The van der Waals surface area contributed by atoms with E-state index in [4.69, 9.17) is 22.1 Å². The maximum atomic E-state index is 12.2. The van der Waals surface area contributed by atoms with E-state index in [1.165, 1.54) is 0 Å². The summed E-state index contributed by atoms with van der Waals surface area (Å²) in [6, 6.07) is 4.85. The second-order valence-corrected chi connectivity index (χ2v) is 4.55. The number of halogens is 1. The second kappa shape index (κ2) is 7.55. The van der Waals surface area contributed by atoms with Crippen molar-refractivity contribution >= 4 is 17.5 Å². The highest BCUT2D eigenvalue weighted by molar-refractivity contribution is 6.31. The number of benzene rings is 1. The van der Waals surface area contributed by atoms with E-state index in [0.29, 0.717) is 48.3 Å². The fourth-order valence-electron chi connectivity index (χ4n) is 1.65. The number of aromatic nitrogens is 4. The van der Waals surface area contributed by atoms with Crippen LogP contribution < -0.4 is 15.8 Å². The van der Waals surface area contributed by atoms with Crippen LogP contribution in [0.4, 0.5) is 0 Å². The molecule has 0 atom stereocenters. The van der Waals surface area contributed by atoms with Crippen molar-refractivity contribution in [1.29, 1.82) is 0 Å². The van der Waals surface area contributed by atoms with Gasteiger partial charge in [-0.1, -0.05) is 16.8 Å². The van der Waals surface area contributed by atoms with Crippen LogP contribution in [0.1, 0.15) is 16.2 Å². The summed E-state index contributed by atoms with van der Waals surface area (Å²) in [6.45, 7) is 1.06. The van der Waals surface area contributed by atoms with Crippen LogP contribution in [0, 0.1) is 0 Å². The maximum Gasteiger partial charge on any atom is 0.255 e. The summed E-state index contributed by atoms with van der Waals surface area (Å²) >= 11 is 5.92. The molecule has 0 spiro atoms. The number of carbonyl (C=O) groups is 1. The predicted octanol–water partition coefficient (Wildman–Crippen LogP) is 0.163. The van der Waals surface area contributed by atoms with E-state index in [2.05, 4.69) is 25.9 Å². The summed E-state index contributed by atoms with van der Waals surface area (Å²) < 4.78 is 5.43. The average Bonchev–Trinajstić information content (AvgIpc) is 2.99. The van der Waals surface area contributed by atoms with Crippen LogP contribution in [0.3, 0.4) is 0 Å². The first-order valence-electron chi connectivity index (χ1n) is 6.33. The van der Waals surface area contributed by atoms with Crippen molar-refractivity contribution in [3.63, 3.8) is 0 Å². The Labute approximate surface area is 126 Å². The van der Waals surface area contributed by atoms with Gasteiger partial charge in [0.15, 0.2) is 5.82 Å². The minimum absolute atomic E-state index is 0.284. The van der Waals surface area contributed by atoms with Crippen molar-refractivity contribution in [2.24, 2.45) is 5.73 Å². The van der Waals surface area contributed by atoms with E-state index in [1.807, 2.05) is 0 Å². The van der Waals surface area contributed by atoms with E-state index in [1.54, 1.807) is 18.2 Å². The molecule has 0 radical (unpaired) electrons. The molecule has 1 aromatic heterocycles. The third kappa shape index (κ3) is 4.40. The number of nitrogens with one attached hydrogen (secondary N) is 2. The normalized spacial score (nSPS) is 10.4. The highest BCUT2D eigenvalue weighted by atomic mass is 35.5. The molecule has 21 heavy (non-hydrogen) atoms. The number of ether oxygens (including phenoxy) is 1. The number of aromatic amines is 1. The molecular formula is C12H15ClN6O2. The summed E-state index contributed by atoms with van der Waals surface area (Å²) in [4.78, 5) is 12.2. The van der Waals surface area contributed by atoms with Crippen molar-refractivity contribution in [2.45, 2.75) is 6.42 Å². The lowest BCUT2D eigenvalue weighted by Gasteiger charge is -2.11. The smallest absolute Gasteiger partial charge is 0.255 e. The lowest BCUT2D eigenvalue weighted by molar-refractivity contribution is 0.0950. The third-order valence-electron chi connectivity index (χ3n) is 2.59. The predicted molar refractivity (Wildman–Crippen MR) is 76.2 cm³/mol. The van der Waals surface area contributed by atoms with Gasteiger partial charge in [0.2, 0.25) is 0 Å². The van der Waals surface area contributed by atoms with Crippen LogP contribution in [0.5, 0.6) is 5.75 Å². The van der Waals surface area contributed by atoms with Crippen LogP contribution in [0.15, 0.2) is 18.2 Å². The Morgan fingerprint density at radius 2 is 2.33 bits per heavy atom. The number of tetrazole rings is 1. The zero-order chi connectivity index (χ0) is 15.1. The number of hydrogen-bond donors (Lipinski definition) is 3. The molecule has 0 aliphatic carbocycles. The molecule has 9 heteroatoms. The van der Waals surface area contributed by atoms with Gasteiger partial charge in [-0.15, -0.1) is 10.2 Å². The van der Waals surface area contributed by atoms with E-state index >= 15 is 0 Å². The second-order valence-electron chi connectivity index (χ2n) is 4.11. The van der Waals surface area contributed by atoms with E-state index < -0.39 is 0 Å². The summed E-state index contributed by atoms with van der Waals surface area (Å²) in [5.74, 6) is 0.691. The number of carbonyl (C=O) groups excluding carboxylic acids is 1. The molecule has 1 aromatic carbocycles. The number of nitrogens with zero attached hydrogens (tertiary/aromatic N) is 3. The number of hydrogen-bond acceptors (Lipinski definition) is 6.